The Kier molecular flexibility index (Phi) is 7.95. The minimum absolute atomic E-state index is 0.297. The molecule has 2 aliphatic heterocycles. The van der Waals surface area contributed by atoms with E-state index in [0.29, 0.717) is 18.8 Å². The molecule has 0 saturated carbocycles. The molecular formula is C20H34N4O3. The molecule has 152 valence electrons. The summed E-state index contributed by atoms with van der Waals surface area (Å²) >= 11 is 0. The summed E-state index contributed by atoms with van der Waals surface area (Å²) in [6.45, 7) is 9.08. The van der Waals surface area contributed by atoms with Crippen molar-refractivity contribution in [2.24, 2.45) is 4.99 Å². The first kappa shape index (κ1) is 20.1. The minimum Gasteiger partial charge on any atom is -0.376 e. The van der Waals surface area contributed by atoms with Crippen LogP contribution in [0.5, 0.6) is 0 Å². The molecule has 0 spiro atoms. The van der Waals surface area contributed by atoms with Crippen LogP contribution in [0, 0.1) is 0 Å². The average molecular weight is 379 g/mol. The molecule has 1 atom stereocenters. The van der Waals surface area contributed by atoms with E-state index in [1.165, 1.54) is 12.8 Å². The van der Waals surface area contributed by atoms with Gasteiger partial charge >= 0.3 is 0 Å². The van der Waals surface area contributed by atoms with Crippen LogP contribution < -0.4 is 5.32 Å². The first-order chi connectivity index (χ1) is 13.3. The van der Waals surface area contributed by atoms with Crippen molar-refractivity contribution in [2.75, 3.05) is 32.8 Å². The van der Waals surface area contributed by atoms with Gasteiger partial charge in [-0.05, 0) is 45.4 Å². The molecule has 7 nitrogen and oxygen atoms in total. The Bertz CT molecular complexity index is 576. The molecule has 2 fully saturated rings. The van der Waals surface area contributed by atoms with E-state index in [0.717, 1.165) is 75.9 Å². The molecule has 1 aromatic rings. The molecule has 27 heavy (non-hydrogen) atoms. The predicted octanol–water partition coefficient (Wildman–Crippen LogP) is 2.75. The van der Waals surface area contributed by atoms with E-state index in [1.54, 1.807) is 0 Å². The fraction of sp³-hybridized carbons (Fsp3) is 0.800. The smallest absolute Gasteiger partial charge is 0.194 e. The van der Waals surface area contributed by atoms with Crippen molar-refractivity contribution in [1.29, 1.82) is 0 Å². The Labute approximate surface area is 162 Å². The first-order valence-electron chi connectivity index (χ1n) is 10.5. The highest BCUT2D eigenvalue weighted by Crippen LogP contribution is 2.18. The van der Waals surface area contributed by atoms with Gasteiger partial charge in [0.05, 0.1) is 24.5 Å². The highest BCUT2D eigenvalue weighted by Gasteiger charge is 2.23. The van der Waals surface area contributed by atoms with Gasteiger partial charge in [0, 0.05) is 32.3 Å². The number of ether oxygens (including phenoxy) is 2. The van der Waals surface area contributed by atoms with Crippen molar-refractivity contribution < 1.29 is 14.0 Å². The summed E-state index contributed by atoms with van der Waals surface area (Å²) in [6, 6.07) is 1.99. The van der Waals surface area contributed by atoms with Gasteiger partial charge in [-0.25, -0.2) is 4.99 Å². The maximum Gasteiger partial charge on any atom is 0.194 e. The summed E-state index contributed by atoms with van der Waals surface area (Å²) in [5.41, 5.74) is 0.977. The molecule has 7 heteroatoms. The number of hydrogen-bond acceptors (Lipinski definition) is 5. The molecule has 0 radical (unpaired) electrons. The monoisotopic (exact) mass is 378 g/mol. The highest BCUT2D eigenvalue weighted by molar-refractivity contribution is 5.80. The van der Waals surface area contributed by atoms with Crippen molar-refractivity contribution >= 4 is 5.96 Å². The lowest BCUT2D eigenvalue weighted by Crippen LogP contribution is -2.47. The zero-order valence-corrected chi connectivity index (χ0v) is 16.8. The van der Waals surface area contributed by atoms with Gasteiger partial charge in [0.2, 0.25) is 0 Å². The number of piperidine rings is 1. The van der Waals surface area contributed by atoms with Crippen LogP contribution in [-0.2, 0) is 22.4 Å². The second kappa shape index (κ2) is 10.7. The lowest BCUT2D eigenvalue weighted by Gasteiger charge is -2.35. The van der Waals surface area contributed by atoms with E-state index in [2.05, 4.69) is 29.2 Å². The SMILES string of the molecule is CCNC(=NCc1cc(CC)no1)N1CCC(OCC2CCCCO2)CC1. The van der Waals surface area contributed by atoms with Crippen LogP contribution in [-0.4, -0.2) is 61.1 Å². The third-order valence-corrected chi connectivity index (χ3v) is 5.22. The maximum atomic E-state index is 6.12. The molecule has 1 N–H and O–H groups in total. The molecule has 0 aromatic carbocycles. The maximum absolute atomic E-state index is 6.12. The van der Waals surface area contributed by atoms with Gasteiger partial charge in [-0.3, -0.25) is 0 Å². The van der Waals surface area contributed by atoms with Crippen LogP contribution in [0.25, 0.3) is 0 Å². The van der Waals surface area contributed by atoms with Gasteiger partial charge in [0.1, 0.15) is 6.54 Å². The molecular weight excluding hydrogens is 344 g/mol. The summed E-state index contributed by atoms with van der Waals surface area (Å²) in [5, 5.41) is 7.43. The number of nitrogens with one attached hydrogen (secondary N) is 1. The van der Waals surface area contributed by atoms with Gasteiger partial charge in [-0.1, -0.05) is 12.1 Å². The number of nitrogens with zero attached hydrogens (tertiary/aromatic N) is 3. The third kappa shape index (κ3) is 6.21. The molecule has 0 bridgehead atoms. The van der Waals surface area contributed by atoms with Crippen LogP contribution in [0.15, 0.2) is 15.6 Å². The molecule has 2 aliphatic rings. The van der Waals surface area contributed by atoms with Crippen LogP contribution in [0.2, 0.25) is 0 Å². The van der Waals surface area contributed by atoms with E-state index in [4.69, 9.17) is 19.0 Å². The van der Waals surface area contributed by atoms with Crippen molar-refractivity contribution in [3.8, 4) is 0 Å². The van der Waals surface area contributed by atoms with Crippen molar-refractivity contribution in [3.63, 3.8) is 0 Å². The van der Waals surface area contributed by atoms with Crippen LogP contribution in [0.3, 0.4) is 0 Å². The van der Waals surface area contributed by atoms with Gasteiger partial charge in [-0.15, -0.1) is 0 Å². The van der Waals surface area contributed by atoms with Crippen molar-refractivity contribution in [3.05, 3.63) is 17.5 Å². The molecule has 0 aliphatic carbocycles. The Morgan fingerprint density at radius 3 is 2.81 bits per heavy atom. The van der Waals surface area contributed by atoms with Crippen molar-refractivity contribution in [1.82, 2.24) is 15.4 Å². The summed E-state index contributed by atoms with van der Waals surface area (Å²) in [5.74, 6) is 1.76. The van der Waals surface area contributed by atoms with E-state index < -0.39 is 0 Å². The zero-order chi connectivity index (χ0) is 18.9. The average Bonchev–Trinajstić information content (AvgIpc) is 3.19. The molecule has 0 amide bonds. The summed E-state index contributed by atoms with van der Waals surface area (Å²) in [4.78, 5) is 7.05. The summed E-state index contributed by atoms with van der Waals surface area (Å²) < 4.78 is 17.2. The van der Waals surface area contributed by atoms with Gasteiger partial charge in [0.15, 0.2) is 11.7 Å². The number of guanidine groups is 1. The Hall–Kier alpha value is -1.60. The van der Waals surface area contributed by atoms with Crippen LogP contribution in [0.1, 0.15) is 57.4 Å². The summed E-state index contributed by atoms with van der Waals surface area (Å²) in [7, 11) is 0. The normalized spacial score (nSPS) is 22.2. The van der Waals surface area contributed by atoms with Crippen LogP contribution >= 0.6 is 0 Å². The van der Waals surface area contributed by atoms with Gasteiger partial charge < -0.3 is 24.2 Å². The molecule has 1 unspecified atom stereocenters. The molecule has 1 aromatic heterocycles. The predicted molar refractivity (Wildman–Crippen MR) is 105 cm³/mol. The number of rotatable bonds is 7. The number of hydrogen-bond donors (Lipinski definition) is 1. The number of aromatic nitrogens is 1. The highest BCUT2D eigenvalue weighted by atomic mass is 16.5. The quantitative estimate of drug-likeness (QED) is 0.581. The largest absolute Gasteiger partial charge is 0.376 e. The fourth-order valence-corrected chi connectivity index (χ4v) is 3.59. The van der Waals surface area contributed by atoms with Crippen molar-refractivity contribution in [2.45, 2.75) is 71.1 Å². The Balaban J connectivity index is 1.45. The number of aliphatic imine (C=N–C) groups is 1. The number of likely N-dealkylation sites (tertiary alicyclic amines) is 1. The third-order valence-electron chi connectivity index (χ3n) is 5.22. The topological polar surface area (TPSA) is 72.1 Å². The van der Waals surface area contributed by atoms with E-state index in [9.17, 15) is 0 Å². The Morgan fingerprint density at radius 1 is 1.30 bits per heavy atom. The second-order valence-corrected chi connectivity index (χ2v) is 7.32. The second-order valence-electron chi connectivity index (χ2n) is 7.32. The first-order valence-corrected chi connectivity index (χ1v) is 10.5. The Morgan fingerprint density at radius 2 is 2.15 bits per heavy atom. The van der Waals surface area contributed by atoms with E-state index >= 15 is 0 Å². The van der Waals surface area contributed by atoms with Gasteiger partial charge in [-0.2, -0.15) is 0 Å². The summed E-state index contributed by atoms with van der Waals surface area (Å²) in [6.07, 6.45) is 7.15. The fourth-order valence-electron chi connectivity index (χ4n) is 3.59. The molecule has 2 saturated heterocycles. The standard InChI is InChI=1S/C20H34N4O3/c1-3-16-13-19(27-23-16)14-22-20(21-4-2)24-10-8-17(9-11-24)26-15-18-7-5-6-12-25-18/h13,17-18H,3-12,14-15H2,1-2H3,(H,21,22). The molecule has 3 heterocycles. The van der Waals surface area contributed by atoms with Gasteiger partial charge in [0.25, 0.3) is 0 Å². The van der Waals surface area contributed by atoms with Crippen LogP contribution in [0.4, 0.5) is 0 Å². The molecule has 3 rings (SSSR count). The number of aryl methyl sites for hydroxylation is 1. The zero-order valence-electron chi connectivity index (χ0n) is 16.8. The van der Waals surface area contributed by atoms with E-state index in [1.807, 2.05) is 6.07 Å². The minimum atomic E-state index is 0.297. The lowest BCUT2D eigenvalue weighted by atomic mass is 10.1. The van der Waals surface area contributed by atoms with E-state index in [-0.39, 0.29) is 0 Å². The lowest BCUT2D eigenvalue weighted by molar-refractivity contribution is -0.0721.